The van der Waals surface area contributed by atoms with Crippen LogP contribution in [0.5, 0.6) is 0 Å². The highest BCUT2D eigenvalue weighted by Crippen LogP contribution is 2.38. The Morgan fingerprint density at radius 1 is 1.24 bits per heavy atom. The maximum atomic E-state index is 11.4. The molecule has 3 N–H and O–H groups in total. The number of hydrogen-bond donors (Lipinski definition) is 3. The molecule has 1 heterocycles. The lowest BCUT2D eigenvalue weighted by Crippen LogP contribution is -2.44. The van der Waals surface area contributed by atoms with E-state index in [0.717, 1.165) is 30.2 Å². The highest BCUT2D eigenvalue weighted by atomic mass is 16.4. The van der Waals surface area contributed by atoms with Gasteiger partial charge in [0.05, 0.1) is 6.54 Å². The van der Waals surface area contributed by atoms with Crippen molar-refractivity contribution in [3.63, 3.8) is 0 Å². The molecule has 0 radical (unpaired) electrons. The second-order valence-corrected chi connectivity index (χ2v) is 6.82. The Kier molecular flexibility index (Phi) is 4.65. The van der Waals surface area contributed by atoms with Crippen LogP contribution in [-0.4, -0.2) is 59.1 Å². The second kappa shape index (κ2) is 6.74. The number of nitrogens with zero attached hydrogens (tertiary/aromatic N) is 2. The first kappa shape index (κ1) is 17.3. The van der Waals surface area contributed by atoms with E-state index < -0.39 is 17.4 Å². The fourth-order valence-corrected chi connectivity index (χ4v) is 3.60. The number of amidine groups is 1. The average Bonchev–Trinajstić information content (AvgIpc) is 3.01. The van der Waals surface area contributed by atoms with E-state index in [2.05, 4.69) is 15.2 Å². The number of aliphatic imine (C=N–C) groups is 1. The minimum Gasteiger partial charge on any atom is -0.480 e. The minimum atomic E-state index is -1.64. The monoisotopic (exact) mass is 345 g/mol. The number of carboxylic acid groups (broad SMARTS) is 2. The molecule has 0 bridgehead atoms. The van der Waals surface area contributed by atoms with Crippen LogP contribution < -0.4 is 5.32 Å². The number of benzene rings is 1. The lowest BCUT2D eigenvalue weighted by molar-refractivity contribution is -0.167. The van der Waals surface area contributed by atoms with E-state index in [9.17, 15) is 19.8 Å². The second-order valence-electron chi connectivity index (χ2n) is 6.82. The zero-order chi connectivity index (χ0) is 18.0. The molecule has 1 aromatic rings. The molecule has 0 saturated heterocycles. The summed E-state index contributed by atoms with van der Waals surface area (Å²) in [4.78, 5) is 29.4. The third-order valence-electron chi connectivity index (χ3n) is 5.21. The van der Waals surface area contributed by atoms with E-state index in [0.29, 0.717) is 12.8 Å². The summed E-state index contributed by atoms with van der Waals surface area (Å²) in [5.41, 5.74) is 0.358. The number of aliphatic carboxylic acids is 2. The quantitative estimate of drug-likeness (QED) is 0.704. The van der Waals surface area contributed by atoms with Gasteiger partial charge in [-0.1, -0.05) is 12.1 Å². The summed E-state index contributed by atoms with van der Waals surface area (Å²) >= 11 is 0. The van der Waals surface area contributed by atoms with Crippen molar-refractivity contribution in [3.05, 3.63) is 29.8 Å². The van der Waals surface area contributed by atoms with Crippen molar-refractivity contribution in [2.75, 3.05) is 25.5 Å². The Morgan fingerprint density at radius 2 is 1.92 bits per heavy atom. The molecular weight excluding hydrogens is 322 g/mol. The molecule has 0 atom stereocenters. The Hall–Kier alpha value is -2.57. The van der Waals surface area contributed by atoms with Gasteiger partial charge >= 0.3 is 11.9 Å². The predicted molar refractivity (Wildman–Crippen MR) is 94.1 cm³/mol. The molecule has 1 saturated carbocycles. The van der Waals surface area contributed by atoms with Gasteiger partial charge in [0.25, 0.3) is 0 Å². The van der Waals surface area contributed by atoms with Gasteiger partial charge in [-0.05, 0) is 37.8 Å². The van der Waals surface area contributed by atoms with E-state index in [-0.39, 0.29) is 18.9 Å². The van der Waals surface area contributed by atoms with Crippen LogP contribution in [0.15, 0.2) is 29.3 Å². The summed E-state index contributed by atoms with van der Waals surface area (Å²) in [6, 6.07) is 8.07. The largest absolute Gasteiger partial charge is 0.480 e. The maximum Gasteiger partial charge on any atom is 0.321 e. The number of rotatable bonds is 5. The van der Waals surface area contributed by atoms with Crippen LogP contribution in [0.4, 0.5) is 5.69 Å². The van der Waals surface area contributed by atoms with Gasteiger partial charge in [0.15, 0.2) is 5.41 Å². The molecule has 1 aliphatic heterocycles. The van der Waals surface area contributed by atoms with Gasteiger partial charge in [-0.25, -0.2) is 0 Å². The third-order valence-corrected chi connectivity index (χ3v) is 5.21. The smallest absolute Gasteiger partial charge is 0.321 e. The number of anilines is 1. The molecule has 1 aromatic carbocycles. The summed E-state index contributed by atoms with van der Waals surface area (Å²) in [7, 11) is 2.02. The molecule has 1 fully saturated rings. The van der Waals surface area contributed by atoms with Crippen LogP contribution in [-0.2, 0) is 9.59 Å². The fraction of sp³-hybridized carbons (Fsp3) is 0.500. The molecule has 0 amide bonds. The highest BCUT2D eigenvalue weighted by molar-refractivity contribution is 6.00. The molecule has 0 spiro atoms. The van der Waals surface area contributed by atoms with Gasteiger partial charge in [0, 0.05) is 30.9 Å². The van der Waals surface area contributed by atoms with E-state index >= 15 is 0 Å². The van der Waals surface area contributed by atoms with Crippen LogP contribution in [0.3, 0.4) is 0 Å². The molecule has 7 heteroatoms. The Labute approximate surface area is 146 Å². The van der Waals surface area contributed by atoms with Gasteiger partial charge in [0.2, 0.25) is 0 Å². The molecule has 2 aliphatic rings. The molecule has 3 rings (SSSR count). The normalized spacial score (nSPS) is 20.2. The minimum absolute atomic E-state index is 0.0744. The van der Waals surface area contributed by atoms with Gasteiger partial charge in [-0.3, -0.25) is 14.6 Å². The van der Waals surface area contributed by atoms with Gasteiger partial charge in [-0.2, -0.15) is 0 Å². The zero-order valence-corrected chi connectivity index (χ0v) is 14.2. The summed E-state index contributed by atoms with van der Waals surface area (Å²) in [6.45, 7) is 1.72. The maximum absolute atomic E-state index is 11.4. The highest BCUT2D eigenvalue weighted by Gasteiger charge is 2.48. The molecule has 0 aromatic heterocycles. The standard InChI is InChI=1S/C18H23N3O4/c1-21-10-9-19-15(21)12-3-2-4-14(11-12)20-13-5-7-18(8-6-13,16(22)23)17(24)25/h2-4,11,13,20H,5-10H2,1H3,(H,22,23)(H,24,25). The van der Waals surface area contributed by atoms with E-state index in [1.807, 2.05) is 31.3 Å². The van der Waals surface area contributed by atoms with E-state index in [4.69, 9.17) is 0 Å². The lowest BCUT2D eigenvalue weighted by atomic mass is 9.72. The Morgan fingerprint density at radius 3 is 2.48 bits per heavy atom. The van der Waals surface area contributed by atoms with E-state index in [1.54, 1.807) is 0 Å². The van der Waals surface area contributed by atoms with Crippen LogP contribution in [0.25, 0.3) is 0 Å². The Bertz CT molecular complexity index is 692. The van der Waals surface area contributed by atoms with Crippen molar-refractivity contribution < 1.29 is 19.8 Å². The van der Waals surface area contributed by atoms with Crippen molar-refractivity contribution in [3.8, 4) is 0 Å². The van der Waals surface area contributed by atoms with Crippen molar-refractivity contribution >= 4 is 23.5 Å². The van der Waals surface area contributed by atoms with Crippen molar-refractivity contribution in [1.29, 1.82) is 0 Å². The number of likely N-dealkylation sites (N-methyl/N-ethyl adjacent to an activating group) is 1. The van der Waals surface area contributed by atoms with Crippen LogP contribution in [0, 0.1) is 5.41 Å². The number of carbonyl (C=O) groups is 2. The Balaban J connectivity index is 1.67. The summed E-state index contributed by atoms with van der Waals surface area (Å²) in [5.74, 6) is -1.49. The van der Waals surface area contributed by atoms with Crippen molar-refractivity contribution in [2.45, 2.75) is 31.7 Å². The molecule has 25 heavy (non-hydrogen) atoms. The predicted octanol–water partition coefficient (Wildman–Crippen LogP) is 1.89. The van der Waals surface area contributed by atoms with Crippen LogP contribution >= 0.6 is 0 Å². The first-order valence-corrected chi connectivity index (χ1v) is 8.52. The zero-order valence-electron chi connectivity index (χ0n) is 14.2. The number of carboxylic acids is 2. The number of nitrogens with one attached hydrogen (secondary N) is 1. The first-order chi connectivity index (χ1) is 11.9. The average molecular weight is 345 g/mol. The van der Waals surface area contributed by atoms with Crippen molar-refractivity contribution in [1.82, 2.24) is 4.90 Å². The molecular formula is C18H23N3O4. The summed E-state index contributed by atoms with van der Waals surface area (Å²) in [6.07, 6.45) is 1.32. The summed E-state index contributed by atoms with van der Waals surface area (Å²) in [5, 5.41) is 22.0. The molecule has 7 nitrogen and oxygen atoms in total. The van der Waals surface area contributed by atoms with Crippen molar-refractivity contribution in [2.24, 2.45) is 10.4 Å². The van der Waals surface area contributed by atoms with Gasteiger partial charge in [0.1, 0.15) is 5.84 Å². The van der Waals surface area contributed by atoms with Gasteiger partial charge < -0.3 is 20.4 Å². The first-order valence-electron chi connectivity index (χ1n) is 8.52. The van der Waals surface area contributed by atoms with Crippen LogP contribution in [0.1, 0.15) is 31.2 Å². The molecule has 1 aliphatic carbocycles. The topological polar surface area (TPSA) is 102 Å². The molecule has 0 unspecified atom stereocenters. The fourth-order valence-electron chi connectivity index (χ4n) is 3.60. The molecule has 134 valence electrons. The van der Waals surface area contributed by atoms with Gasteiger partial charge in [-0.15, -0.1) is 0 Å². The van der Waals surface area contributed by atoms with E-state index in [1.165, 1.54) is 0 Å². The SMILES string of the molecule is CN1CCN=C1c1cccc(NC2CCC(C(=O)O)(C(=O)O)CC2)c1. The third kappa shape index (κ3) is 3.31. The number of hydrogen-bond acceptors (Lipinski definition) is 5. The lowest BCUT2D eigenvalue weighted by Gasteiger charge is -2.34. The van der Waals surface area contributed by atoms with Crippen LogP contribution in [0.2, 0.25) is 0 Å². The summed E-state index contributed by atoms with van der Waals surface area (Å²) < 4.78 is 0.